The van der Waals surface area contributed by atoms with Crippen molar-refractivity contribution in [2.24, 2.45) is 5.84 Å². The Hall–Kier alpha value is -0.640. The highest BCUT2D eigenvalue weighted by Crippen LogP contribution is 2.07. The second kappa shape index (κ2) is 3.51. The van der Waals surface area contributed by atoms with Gasteiger partial charge >= 0.3 is 0 Å². The minimum atomic E-state index is 0.591. The predicted molar refractivity (Wildman–Crippen MR) is 40.3 cm³/mol. The summed E-state index contributed by atoms with van der Waals surface area (Å²) >= 11 is 5.65. The number of hydrogen-bond donors (Lipinski definition) is 2. The van der Waals surface area contributed by atoms with Gasteiger partial charge in [-0.25, -0.2) is 0 Å². The minimum absolute atomic E-state index is 0.591. The van der Waals surface area contributed by atoms with E-state index in [9.17, 15) is 0 Å². The molecule has 0 unspecified atom stereocenters. The monoisotopic (exact) mass is 157 g/mol. The van der Waals surface area contributed by atoms with E-state index in [0.717, 1.165) is 5.56 Å². The summed E-state index contributed by atoms with van der Waals surface area (Å²) in [6.45, 7) is 0.591. The van der Waals surface area contributed by atoms with Gasteiger partial charge in [0.2, 0.25) is 0 Å². The lowest BCUT2D eigenvalue weighted by Crippen LogP contribution is -2.20. The third kappa shape index (κ3) is 1.95. The Kier molecular flexibility index (Phi) is 2.62. The fraction of sp³-hybridized carbons (Fsp3) is 0.167. The highest BCUT2D eigenvalue weighted by atomic mass is 35.5. The van der Waals surface area contributed by atoms with E-state index in [4.69, 9.17) is 17.4 Å². The molecule has 1 rings (SSSR count). The van der Waals surface area contributed by atoms with E-state index in [-0.39, 0.29) is 0 Å². The quantitative estimate of drug-likeness (QED) is 0.491. The van der Waals surface area contributed by atoms with Crippen LogP contribution in [0.1, 0.15) is 5.56 Å². The van der Waals surface area contributed by atoms with Gasteiger partial charge in [-0.05, 0) is 11.6 Å². The summed E-state index contributed by atoms with van der Waals surface area (Å²) in [5.41, 5.74) is 3.49. The van der Waals surface area contributed by atoms with Gasteiger partial charge in [-0.2, -0.15) is 0 Å². The summed E-state index contributed by atoms with van der Waals surface area (Å²) in [5, 5.41) is 0.632. The second-order valence-corrected chi connectivity index (χ2v) is 2.33. The summed E-state index contributed by atoms with van der Waals surface area (Å²) in [7, 11) is 0. The maximum atomic E-state index is 5.65. The topological polar surface area (TPSA) is 50.9 Å². The van der Waals surface area contributed by atoms with E-state index in [2.05, 4.69) is 10.4 Å². The fourth-order valence-corrected chi connectivity index (χ4v) is 0.867. The van der Waals surface area contributed by atoms with Crippen LogP contribution in [0.5, 0.6) is 0 Å². The van der Waals surface area contributed by atoms with Gasteiger partial charge in [0.05, 0.1) is 5.02 Å². The standard InChI is InChI=1S/C6H8ClN3/c7-6-1-5(3-10-8)2-9-4-6/h1-2,4,10H,3,8H2. The SMILES string of the molecule is NNCc1cncc(Cl)c1. The third-order valence-corrected chi connectivity index (χ3v) is 1.27. The van der Waals surface area contributed by atoms with Crippen molar-refractivity contribution >= 4 is 11.6 Å². The van der Waals surface area contributed by atoms with Crippen molar-refractivity contribution in [3.63, 3.8) is 0 Å². The van der Waals surface area contributed by atoms with Gasteiger partial charge in [0.1, 0.15) is 0 Å². The van der Waals surface area contributed by atoms with Gasteiger partial charge in [0.15, 0.2) is 0 Å². The summed E-state index contributed by atoms with van der Waals surface area (Å²) in [5.74, 6) is 5.09. The molecule has 1 aromatic heterocycles. The van der Waals surface area contributed by atoms with Crippen molar-refractivity contribution < 1.29 is 0 Å². The van der Waals surface area contributed by atoms with E-state index in [1.807, 2.05) is 6.07 Å². The highest BCUT2D eigenvalue weighted by Gasteiger charge is 1.91. The Balaban J connectivity index is 2.75. The molecule has 0 aliphatic heterocycles. The Morgan fingerprint density at radius 2 is 2.40 bits per heavy atom. The molecule has 0 amide bonds. The lowest BCUT2D eigenvalue weighted by Gasteiger charge is -1.97. The molecule has 3 N–H and O–H groups in total. The molecular weight excluding hydrogens is 150 g/mol. The molecule has 1 aromatic rings. The fourth-order valence-electron chi connectivity index (χ4n) is 0.670. The maximum absolute atomic E-state index is 5.65. The van der Waals surface area contributed by atoms with E-state index >= 15 is 0 Å². The normalized spacial score (nSPS) is 9.80. The summed E-state index contributed by atoms with van der Waals surface area (Å²) < 4.78 is 0. The Bertz CT molecular complexity index is 214. The van der Waals surface area contributed by atoms with E-state index in [1.54, 1.807) is 12.4 Å². The van der Waals surface area contributed by atoms with Gasteiger partial charge in [0, 0.05) is 18.9 Å². The van der Waals surface area contributed by atoms with Crippen LogP contribution in [0.25, 0.3) is 0 Å². The number of halogens is 1. The summed E-state index contributed by atoms with van der Waals surface area (Å²) in [6, 6.07) is 1.81. The zero-order valence-electron chi connectivity index (χ0n) is 5.34. The molecule has 3 nitrogen and oxygen atoms in total. The third-order valence-electron chi connectivity index (χ3n) is 1.07. The van der Waals surface area contributed by atoms with Gasteiger partial charge in [-0.1, -0.05) is 11.6 Å². The number of nitrogens with two attached hydrogens (primary N) is 1. The molecule has 0 fully saturated rings. The molecular formula is C6H8ClN3. The molecule has 10 heavy (non-hydrogen) atoms. The van der Waals surface area contributed by atoms with Crippen LogP contribution in [0.2, 0.25) is 5.02 Å². The van der Waals surface area contributed by atoms with Crippen LogP contribution in [0, 0.1) is 0 Å². The average molecular weight is 158 g/mol. The van der Waals surface area contributed by atoms with Crippen molar-refractivity contribution in [2.75, 3.05) is 0 Å². The minimum Gasteiger partial charge on any atom is -0.271 e. The first-order chi connectivity index (χ1) is 4.83. The number of rotatable bonds is 2. The molecule has 0 aromatic carbocycles. The van der Waals surface area contributed by atoms with Gasteiger partial charge < -0.3 is 0 Å². The first-order valence-electron chi connectivity index (χ1n) is 2.86. The van der Waals surface area contributed by atoms with E-state index in [1.165, 1.54) is 0 Å². The highest BCUT2D eigenvalue weighted by molar-refractivity contribution is 6.30. The predicted octanol–water partition coefficient (Wildman–Crippen LogP) is 0.698. The van der Waals surface area contributed by atoms with Crippen molar-refractivity contribution in [3.8, 4) is 0 Å². The smallest absolute Gasteiger partial charge is 0.0592 e. The van der Waals surface area contributed by atoms with Crippen LogP contribution in [-0.2, 0) is 6.54 Å². The molecule has 0 saturated heterocycles. The Morgan fingerprint density at radius 1 is 1.60 bits per heavy atom. The maximum Gasteiger partial charge on any atom is 0.0592 e. The molecule has 0 saturated carbocycles. The molecule has 4 heteroatoms. The van der Waals surface area contributed by atoms with Crippen LogP contribution in [0.15, 0.2) is 18.5 Å². The number of pyridine rings is 1. The van der Waals surface area contributed by atoms with E-state index < -0.39 is 0 Å². The average Bonchev–Trinajstić information content (AvgIpc) is 1.88. The summed E-state index contributed by atoms with van der Waals surface area (Å²) in [6.07, 6.45) is 3.30. The molecule has 0 radical (unpaired) electrons. The van der Waals surface area contributed by atoms with Crippen LogP contribution < -0.4 is 11.3 Å². The first kappa shape index (κ1) is 7.47. The largest absolute Gasteiger partial charge is 0.271 e. The van der Waals surface area contributed by atoms with E-state index in [0.29, 0.717) is 11.6 Å². The van der Waals surface area contributed by atoms with Crippen molar-refractivity contribution in [3.05, 3.63) is 29.0 Å². The van der Waals surface area contributed by atoms with Gasteiger partial charge in [-0.15, -0.1) is 0 Å². The number of nitrogens with zero attached hydrogens (tertiary/aromatic N) is 1. The Morgan fingerprint density at radius 3 is 3.00 bits per heavy atom. The zero-order valence-corrected chi connectivity index (χ0v) is 6.10. The second-order valence-electron chi connectivity index (χ2n) is 1.89. The van der Waals surface area contributed by atoms with Crippen LogP contribution in [-0.4, -0.2) is 4.98 Å². The van der Waals surface area contributed by atoms with Crippen molar-refractivity contribution in [1.29, 1.82) is 0 Å². The van der Waals surface area contributed by atoms with Gasteiger partial charge in [0.25, 0.3) is 0 Å². The Labute approximate surface area is 64.2 Å². The van der Waals surface area contributed by atoms with Gasteiger partial charge in [-0.3, -0.25) is 16.3 Å². The number of hydrogen-bond acceptors (Lipinski definition) is 3. The van der Waals surface area contributed by atoms with Crippen LogP contribution >= 0.6 is 11.6 Å². The molecule has 0 aliphatic rings. The number of hydrazine groups is 1. The van der Waals surface area contributed by atoms with Crippen molar-refractivity contribution in [1.82, 2.24) is 10.4 Å². The number of aromatic nitrogens is 1. The summed E-state index contributed by atoms with van der Waals surface area (Å²) in [4.78, 5) is 3.88. The molecule has 1 heterocycles. The van der Waals surface area contributed by atoms with Crippen LogP contribution in [0.4, 0.5) is 0 Å². The van der Waals surface area contributed by atoms with Crippen LogP contribution in [0.3, 0.4) is 0 Å². The molecule has 0 atom stereocenters. The molecule has 54 valence electrons. The lowest BCUT2D eigenvalue weighted by molar-refractivity contribution is 0.738. The number of nitrogens with one attached hydrogen (secondary N) is 1. The molecule has 0 spiro atoms. The molecule has 0 bridgehead atoms. The van der Waals surface area contributed by atoms with Crippen molar-refractivity contribution in [2.45, 2.75) is 6.54 Å². The first-order valence-corrected chi connectivity index (χ1v) is 3.23. The molecule has 0 aliphatic carbocycles. The zero-order chi connectivity index (χ0) is 7.40. The lowest BCUT2D eigenvalue weighted by atomic mass is 10.3.